The fourth-order valence-corrected chi connectivity index (χ4v) is 2.49. The van der Waals surface area contributed by atoms with Gasteiger partial charge in [-0.1, -0.05) is 36.4 Å². The Morgan fingerprint density at radius 1 is 1.05 bits per heavy atom. The van der Waals surface area contributed by atoms with E-state index in [2.05, 4.69) is 4.98 Å². The molecule has 0 bridgehead atoms. The van der Waals surface area contributed by atoms with E-state index in [0.29, 0.717) is 5.56 Å². The lowest BCUT2D eigenvalue weighted by Crippen LogP contribution is -2.11. The van der Waals surface area contributed by atoms with Gasteiger partial charge in [0.2, 0.25) is 0 Å². The van der Waals surface area contributed by atoms with Crippen molar-refractivity contribution in [3.8, 4) is 11.1 Å². The summed E-state index contributed by atoms with van der Waals surface area (Å²) in [5.41, 5.74) is 1.98. The molecule has 4 nitrogen and oxygen atoms in total. The fraction of sp³-hybridized carbons (Fsp3) is 0.0588. The predicted octanol–water partition coefficient (Wildman–Crippen LogP) is 3.20. The van der Waals surface area contributed by atoms with E-state index in [1.807, 2.05) is 43.3 Å². The number of aromatic carboxylic acids is 1. The molecule has 0 aliphatic rings. The summed E-state index contributed by atoms with van der Waals surface area (Å²) in [7, 11) is 0. The SMILES string of the molecule is Cc1ccc(-c2cc(C(=O)O)c[nH]c2=O)c2ccccc12. The van der Waals surface area contributed by atoms with Crippen LogP contribution in [0.3, 0.4) is 0 Å². The van der Waals surface area contributed by atoms with Crippen LogP contribution in [0, 0.1) is 6.92 Å². The molecule has 0 aliphatic carbocycles. The summed E-state index contributed by atoms with van der Waals surface area (Å²) in [4.78, 5) is 25.7. The van der Waals surface area contributed by atoms with Gasteiger partial charge >= 0.3 is 5.97 Å². The van der Waals surface area contributed by atoms with E-state index in [4.69, 9.17) is 5.11 Å². The third-order valence-corrected chi connectivity index (χ3v) is 3.58. The van der Waals surface area contributed by atoms with Gasteiger partial charge in [0.1, 0.15) is 0 Å². The Bertz CT molecular complexity index is 909. The summed E-state index contributed by atoms with van der Waals surface area (Å²) < 4.78 is 0. The fourth-order valence-electron chi connectivity index (χ4n) is 2.49. The van der Waals surface area contributed by atoms with Crippen molar-refractivity contribution < 1.29 is 9.90 Å². The van der Waals surface area contributed by atoms with Crippen molar-refractivity contribution in [1.82, 2.24) is 4.98 Å². The van der Waals surface area contributed by atoms with Crippen LogP contribution in [0.1, 0.15) is 15.9 Å². The maximum absolute atomic E-state index is 12.1. The maximum Gasteiger partial charge on any atom is 0.337 e. The zero-order valence-electron chi connectivity index (χ0n) is 11.4. The molecule has 0 atom stereocenters. The van der Waals surface area contributed by atoms with Crippen LogP contribution in [0.4, 0.5) is 0 Å². The highest BCUT2D eigenvalue weighted by Crippen LogP contribution is 2.29. The van der Waals surface area contributed by atoms with E-state index in [9.17, 15) is 9.59 Å². The summed E-state index contributed by atoms with van der Waals surface area (Å²) in [5.74, 6) is -1.07. The van der Waals surface area contributed by atoms with Gasteiger partial charge in [-0.25, -0.2) is 4.79 Å². The van der Waals surface area contributed by atoms with E-state index in [-0.39, 0.29) is 11.1 Å². The van der Waals surface area contributed by atoms with Crippen molar-refractivity contribution in [1.29, 1.82) is 0 Å². The highest BCUT2D eigenvalue weighted by molar-refractivity contribution is 5.99. The number of carboxylic acids is 1. The number of nitrogens with one attached hydrogen (secondary N) is 1. The third kappa shape index (κ3) is 2.21. The number of hydrogen-bond acceptors (Lipinski definition) is 2. The lowest BCUT2D eigenvalue weighted by molar-refractivity contribution is 0.0696. The van der Waals surface area contributed by atoms with Crippen LogP contribution in [0.15, 0.2) is 53.5 Å². The Morgan fingerprint density at radius 2 is 1.76 bits per heavy atom. The van der Waals surface area contributed by atoms with Crippen molar-refractivity contribution in [3.05, 3.63) is 70.1 Å². The van der Waals surface area contributed by atoms with Gasteiger partial charge in [0, 0.05) is 11.8 Å². The molecular formula is C17H13NO3. The molecule has 1 heterocycles. The number of aromatic amines is 1. The Balaban J connectivity index is 2.36. The molecule has 0 aliphatic heterocycles. The second-order valence-corrected chi connectivity index (χ2v) is 4.91. The van der Waals surface area contributed by atoms with Crippen molar-refractivity contribution in [2.75, 3.05) is 0 Å². The van der Waals surface area contributed by atoms with Crippen molar-refractivity contribution in [2.24, 2.45) is 0 Å². The molecule has 0 radical (unpaired) electrons. The number of pyridine rings is 1. The topological polar surface area (TPSA) is 70.2 Å². The minimum absolute atomic E-state index is 0.0641. The molecule has 3 rings (SSSR count). The number of aromatic nitrogens is 1. The highest BCUT2D eigenvalue weighted by Gasteiger charge is 2.12. The van der Waals surface area contributed by atoms with E-state index in [1.54, 1.807) is 0 Å². The summed E-state index contributed by atoms with van der Waals surface area (Å²) >= 11 is 0. The smallest absolute Gasteiger partial charge is 0.337 e. The summed E-state index contributed by atoms with van der Waals surface area (Å²) in [6.07, 6.45) is 1.21. The monoisotopic (exact) mass is 279 g/mol. The molecule has 0 unspecified atom stereocenters. The van der Waals surface area contributed by atoms with Gasteiger partial charge in [-0.3, -0.25) is 4.79 Å². The lowest BCUT2D eigenvalue weighted by Gasteiger charge is -2.09. The van der Waals surface area contributed by atoms with Gasteiger partial charge in [0.15, 0.2) is 0 Å². The third-order valence-electron chi connectivity index (χ3n) is 3.58. The Labute approximate surface area is 120 Å². The molecule has 2 N–H and O–H groups in total. The van der Waals surface area contributed by atoms with E-state index < -0.39 is 5.97 Å². The molecule has 0 saturated heterocycles. The van der Waals surface area contributed by atoms with Crippen LogP contribution >= 0.6 is 0 Å². The average molecular weight is 279 g/mol. The minimum atomic E-state index is -1.07. The summed E-state index contributed by atoms with van der Waals surface area (Å²) in [6.45, 7) is 2.00. The maximum atomic E-state index is 12.1. The number of H-pyrrole nitrogens is 1. The van der Waals surface area contributed by atoms with Crippen LogP contribution in [0.25, 0.3) is 21.9 Å². The van der Waals surface area contributed by atoms with E-state index >= 15 is 0 Å². The number of carboxylic acid groups (broad SMARTS) is 1. The predicted molar refractivity (Wildman–Crippen MR) is 81.7 cm³/mol. The van der Waals surface area contributed by atoms with E-state index in [1.165, 1.54) is 12.3 Å². The number of rotatable bonds is 2. The Kier molecular flexibility index (Phi) is 3.06. The molecule has 104 valence electrons. The van der Waals surface area contributed by atoms with Gasteiger partial charge in [-0.05, 0) is 34.9 Å². The van der Waals surface area contributed by atoms with Crippen LogP contribution < -0.4 is 5.56 Å². The quantitative estimate of drug-likeness (QED) is 0.756. The minimum Gasteiger partial charge on any atom is -0.478 e. The number of hydrogen-bond donors (Lipinski definition) is 2. The normalized spacial score (nSPS) is 10.7. The van der Waals surface area contributed by atoms with Crippen molar-refractivity contribution in [3.63, 3.8) is 0 Å². The number of fused-ring (bicyclic) bond motifs is 1. The number of aryl methyl sites for hydroxylation is 1. The van der Waals surface area contributed by atoms with Gasteiger partial charge in [0.05, 0.1) is 5.56 Å². The molecule has 4 heteroatoms. The van der Waals surface area contributed by atoms with Crippen molar-refractivity contribution >= 4 is 16.7 Å². The van der Waals surface area contributed by atoms with Crippen LogP contribution in [0.2, 0.25) is 0 Å². The first-order chi connectivity index (χ1) is 10.1. The van der Waals surface area contributed by atoms with Crippen LogP contribution in [-0.2, 0) is 0 Å². The lowest BCUT2D eigenvalue weighted by atomic mass is 9.96. The summed E-state index contributed by atoms with van der Waals surface area (Å²) in [6, 6.07) is 13.0. The second kappa shape index (κ2) is 4.90. The van der Waals surface area contributed by atoms with Crippen molar-refractivity contribution in [2.45, 2.75) is 6.92 Å². The second-order valence-electron chi connectivity index (χ2n) is 4.91. The van der Waals surface area contributed by atoms with Gasteiger partial charge < -0.3 is 10.1 Å². The molecule has 0 fully saturated rings. The number of carbonyl (C=O) groups is 1. The summed E-state index contributed by atoms with van der Waals surface area (Å²) in [5, 5.41) is 11.1. The Morgan fingerprint density at radius 3 is 2.48 bits per heavy atom. The first-order valence-corrected chi connectivity index (χ1v) is 6.52. The van der Waals surface area contributed by atoms with Gasteiger partial charge in [0.25, 0.3) is 5.56 Å². The molecular weight excluding hydrogens is 266 g/mol. The first-order valence-electron chi connectivity index (χ1n) is 6.52. The molecule has 2 aromatic carbocycles. The van der Waals surface area contributed by atoms with E-state index in [0.717, 1.165) is 21.9 Å². The molecule has 21 heavy (non-hydrogen) atoms. The first kappa shape index (κ1) is 13.1. The van der Waals surface area contributed by atoms with Crippen LogP contribution in [0.5, 0.6) is 0 Å². The zero-order chi connectivity index (χ0) is 15.0. The number of benzene rings is 2. The largest absolute Gasteiger partial charge is 0.478 e. The molecule has 1 aromatic heterocycles. The molecule has 0 amide bonds. The highest BCUT2D eigenvalue weighted by atomic mass is 16.4. The standard InChI is InChI=1S/C17H13NO3/c1-10-6-7-14(13-5-3-2-4-12(10)13)15-8-11(17(20)21)9-18-16(15)19/h2-9H,1H3,(H,18,19)(H,20,21). The molecule has 3 aromatic rings. The van der Waals surface area contributed by atoms with Gasteiger partial charge in [-0.2, -0.15) is 0 Å². The molecule has 0 saturated carbocycles. The zero-order valence-corrected chi connectivity index (χ0v) is 11.4. The Hall–Kier alpha value is -2.88. The van der Waals surface area contributed by atoms with Crippen LogP contribution in [-0.4, -0.2) is 16.1 Å². The average Bonchev–Trinajstić information content (AvgIpc) is 2.49. The van der Waals surface area contributed by atoms with Gasteiger partial charge in [-0.15, -0.1) is 0 Å². The molecule has 0 spiro atoms.